The van der Waals surface area contributed by atoms with E-state index in [1.165, 1.54) is 5.56 Å². The molecule has 1 aliphatic carbocycles. The van der Waals surface area contributed by atoms with Gasteiger partial charge in [0.2, 0.25) is 22.7 Å². The largest absolute Gasteiger partial charge is 0.454 e. The van der Waals surface area contributed by atoms with Gasteiger partial charge in [0, 0.05) is 32.1 Å². The van der Waals surface area contributed by atoms with Crippen LogP contribution in [0.25, 0.3) is 0 Å². The van der Waals surface area contributed by atoms with Crippen molar-refractivity contribution in [3.05, 3.63) is 53.1 Å². The van der Waals surface area contributed by atoms with Crippen LogP contribution in [0.4, 0.5) is 0 Å². The molecule has 2 aromatic carbocycles. The zero-order valence-corrected chi connectivity index (χ0v) is 19.8. The van der Waals surface area contributed by atoms with Gasteiger partial charge < -0.3 is 14.4 Å². The van der Waals surface area contributed by atoms with Crippen LogP contribution in [0.15, 0.2) is 41.3 Å². The lowest BCUT2D eigenvalue weighted by Crippen LogP contribution is -2.44. The maximum absolute atomic E-state index is 13.2. The quantitative estimate of drug-likeness (QED) is 0.647. The van der Waals surface area contributed by atoms with E-state index >= 15 is 0 Å². The molecule has 0 aromatic heterocycles. The topological polar surface area (TPSA) is 76.2 Å². The highest BCUT2D eigenvalue weighted by Crippen LogP contribution is 2.33. The Morgan fingerprint density at radius 3 is 2.58 bits per heavy atom. The summed E-state index contributed by atoms with van der Waals surface area (Å²) in [7, 11) is -3.53. The summed E-state index contributed by atoms with van der Waals surface area (Å²) in [4.78, 5) is 15.4. The lowest BCUT2D eigenvalue weighted by molar-refractivity contribution is -0.137. The van der Waals surface area contributed by atoms with E-state index in [0.717, 1.165) is 36.1 Å². The fourth-order valence-electron chi connectivity index (χ4n) is 5.06. The van der Waals surface area contributed by atoms with E-state index in [-0.39, 0.29) is 18.6 Å². The number of hydrogen-bond acceptors (Lipinski definition) is 5. The molecule has 176 valence electrons. The van der Waals surface area contributed by atoms with E-state index in [1.54, 1.807) is 10.4 Å². The molecule has 0 bridgehead atoms. The third-order valence-electron chi connectivity index (χ3n) is 7.01. The average Bonchev–Trinajstić information content (AvgIpc) is 3.50. The van der Waals surface area contributed by atoms with Crippen molar-refractivity contribution in [1.82, 2.24) is 9.21 Å². The lowest BCUT2D eigenvalue weighted by atomic mass is 9.96. The number of sulfonamides is 1. The molecule has 2 aromatic rings. The zero-order chi connectivity index (χ0) is 23.0. The fourth-order valence-corrected chi connectivity index (χ4v) is 6.59. The Labute approximate surface area is 195 Å². The maximum atomic E-state index is 13.2. The van der Waals surface area contributed by atoms with Gasteiger partial charge in [-0.25, -0.2) is 8.42 Å². The van der Waals surface area contributed by atoms with Crippen LogP contribution in [0, 0.1) is 5.92 Å². The summed E-state index contributed by atoms with van der Waals surface area (Å²) in [6.07, 6.45) is 4.16. The molecule has 2 heterocycles. The molecule has 0 atom stereocenters. The molecule has 5 rings (SSSR count). The van der Waals surface area contributed by atoms with Crippen molar-refractivity contribution < 1.29 is 22.7 Å². The predicted octanol–water partition coefficient (Wildman–Crippen LogP) is 3.35. The average molecular weight is 471 g/mol. The van der Waals surface area contributed by atoms with Gasteiger partial charge in [-0.3, -0.25) is 4.79 Å². The van der Waals surface area contributed by atoms with E-state index in [2.05, 4.69) is 0 Å². The summed E-state index contributed by atoms with van der Waals surface area (Å²) < 4.78 is 38.7. The highest BCUT2D eigenvalue weighted by atomic mass is 32.2. The van der Waals surface area contributed by atoms with E-state index in [9.17, 15) is 13.2 Å². The van der Waals surface area contributed by atoms with Crippen molar-refractivity contribution in [1.29, 1.82) is 0 Å². The standard InChI is InChI=1S/C25H30N2O5S/c1-2-26(16-18-6-9-23-24(14-18)32-17-31-23)25(28)20-10-12-27(13-11-20)33(29,30)22-8-7-19-4-3-5-21(19)15-22/h6-9,14-15,20H,2-5,10-13,16-17H2,1H3. The molecule has 1 saturated heterocycles. The zero-order valence-electron chi connectivity index (χ0n) is 19.0. The monoisotopic (exact) mass is 470 g/mol. The Hall–Kier alpha value is -2.58. The van der Waals surface area contributed by atoms with Crippen LogP contribution in [-0.4, -0.2) is 50.0 Å². The summed E-state index contributed by atoms with van der Waals surface area (Å²) in [5.74, 6) is 1.36. The number of carbonyl (C=O) groups is 1. The van der Waals surface area contributed by atoms with Crippen LogP contribution < -0.4 is 9.47 Å². The number of amides is 1. The second-order valence-corrected chi connectivity index (χ2v) is 10.9. The molecule has 33 heavy (non-hydrogen) atoms. The molecule has 0 spiro atoms. The first kappa shape index (κ1) is 22.2. The lowest BCUT2D eigenvalue weighted by Gasteiger charge is -2.33. The molecule has 1 amide bonds. The molecule has 7 nitrogen and oxygen atoms in total. The molecule has 0 unspecified atom stereocenters. The minimum atomic E-state index is -3.53. The predicted molar refractivity (Wildman–Crippen MR) is 124 cm³/mol. The Morgan fingerprint density at radius 2 is 1.79 bits per heavy atom. The number of benzene rings is 2. The maximum Gasteiger partial charge on any atom is 0.243 e. The van der Waals surface area contributed by atoms with Crippen LogP contribution in [0.1, 0.15) is 42.9 Å². The van der Waals surface area contributed by atoms with Crippen molar-refractivity contribution in [3.63, 3.8) is 0 Å². The number of rotatable bonds is 6. The van der Waals surface area contributed by atoms with Gasteiger partial charge in [-0.15, -0.1) is 0 Å². The van der Waals surface area contributed by atoms with Crippen LogP contribution in [0.2, 0.25) is 0 Å². The van der Waals surface area contributed by atoms with Gasteiger partial charge in [-0.05, 0) is 80.0 Å². The molecule has 3 aliphatic rings. The second-order valence-electron chi connectivity index (χ2n) is 9.00. The van der Waals surface area contributed by atoms with Crippen LogP contribution >= 0.6 is 0 Å². The second kappa shape index (κ2) is 8.99. The van der Waals surface area contributed by atoms with Gasteiger partial charge in [0.1, 0.15) is 0 Å². The minimum absolute atomic E-state index is 0.0877. The third kappa shape index (κ3) is 4.34. The minimum Gasteiger partial charge on any atom is -0.454 e. The van der Waals surface area contributed by atoms with E-state index in [4.69, 9.17) is 9.47 Å². The number of aryl methyl sites for hydroxylation is 2. The Kier molecular flexibility index (Phi) is 6.05. The van der Waals surface area contributed by atoms with Gasteiger partial charge in [-0.1, -0.05) is 12.1 Å². The van der Waals surface area contributed by atoms with Crippen molar-refractivity contribution in [3.8, 4) is 11.5 Å². The summed E-state index contributed by atoms with van der Waals surface area (Å²) in [5, 5.41) is 0. The summed E-state index contributed by atoms with van der Waals surface area (Å²) in [5.41, 5.74) is 3.41. The molecule has 1 fully saturated rings. The van der Waals surface area contributed by atoms with Gasteiger partial charge in [0.25, 0.3) is 0 Å². The van der Waals surface area contributed by atoms with E-state index < -0.39 is 10.0 Å². The number of hydrogen-bond donors (Lipinski definition) is 0. The molecule has 0 N–H and O–H groups in total. The van der Waals surface area contributed by atoms with Gasteiger partial charge >= 0.3 is 0 Å². The number of carbonyl (C=O) groups excluding carboxylic acids is 1. The first-order chi connectivity index (χ1) is 16.0. The smallest absolute Gasteiger partial charge is 0.243 e. The van der Waals surface area contributed by atoms with Crippen molar-refractivity contribution in [2.24, 2.45) is 5.92 Å². The molecular weight excluding hydrogens is 440 g/mol. The number of fused-ring (bicyclic) bond motifs is 2. The highest BCUT2D eigenvalue weighted by molar-refractivity contribution is 7.89. The van der Waals surface area contributed by atoms with Gasteiger partial charge in [-0.2, -0.15) is 4.31 Å². The van der Waals surface area contributed by atoms with Crippen molar-refractivity contribution in [2.75, 3.05) is 26.4 Å². The summed E-state index contributed by atoms with van der Waals surface area (Å²) in [6, 6.07) is 11.3. The Balaban J connectivity index is 1.22. The SMILES string of the molecule is CCN(Cc1ccc2c(c1)OCO2)C(=O)C1CCN(S(=O)(=O)c2ccc3c(c2)CCC3)CC1. The van der Waals surface area contributed by atoms with E-state index in [1.807, 2.05) is 42.2 Å². The van der Waals surface area contributed by atoms with Crippen LogP contribution in [-0.2, 0) is 34.2 Å². The van der Waals surface area contributed by atoms with Crippen LogP contribution in [0.3, 0.4) is 0 Å². The molecule has 0 saturated carbocycles. The van der Waals surface area contributed by atoms with Gasteiger partial charge in [0.15, 0.2) is 11.5 Å². The Morgan fingerprint density at radius 1 is 1.03 bits per heavy atom. The number of ether oxygens (including phenoxy) is 2. The number of piperidine rings is 1. The normalized spacial score (nSPS) is 18.3. The summed E-state index contributed by atoms with van der Waals surface area (Å²) >= 11 is 0. The molecule has 0 radical (unpaired) electrons. The Bertz CT molecular complexity index is 1160. The van der Waals surface area contributed by atoms with E-state index in [0.29, 0.717) is 49.7 Å². The van der Waals surface area contributed by atoms with Crippen molar-refractivity contribution >= 4 is 15.9 Å². The fraction of sp³-hybridized carbons (Fsp3) is 0.480. The molecular formula is C25H30N2O5S. The summed E-state index contributed by atoms with van der Waals surface area (Å²) in [6.45, 7) is 4.04. The van der Waals surface area contributed by atoms with Gasteiger partial charge in [0.05, 0.1) is 4.90 Å². The molecule has 8 heteroatoms. The first-order valence-electron chi connectivity index (χ1n) is 11.7. The molecule has 2 aliphatic heterocycles. The first-order valence-corrected chi connectivity index (χ1v) is 13.2. The van der Waals surface area contributed by atoms with Crippen LogP contribution in [0.5, 0.6) is 11.5 Å². The highest BCUT2D eigenvalue weighted by Gasteiger charge is 2.34. The number of nitrogens with zero attached hydrogens (tertiary/aromatic N) is 2. The van der Waals surface area contributed by atoms with Crippen molar-refractivity contribution in [2.45, 2.75) is 50.5 Å². The third-order valence-corrected chi connectivity index (χ3v) is 8.91.